The summed E-state index contributed by atoms with van der Waals surface area (Å²) in [4.78, 5) is 34.2. The third-order valence-electron chi connectivity index (χ3n) is 8.68. The van der Waals surface area contributed by atoms with Gasteiger partial charge in [0.05, 0.1) is 27.7 Å². The minimum atomic E-state index is -3.76. The first-order chi connectivity index (χ1) is 21.8. The second-order valence-electron chi connectivity index (χ2n) is 11.7. The summed E-state index contributed by atoms with van der Waals surface area (Å²) in [5.74, 6) is -3.06. The molecule has 1 aliphatic carbocycles. The minimum absolute atomic E-state index is 0.0682. The van der Waals surface area contributed by atoms with Gasteiger partial charge in [0.2, 0.25) is 15.9 Å². The van der Waals surface area contributed by atoms with Crippen LogP contribution in [0.15, 0.2) is 66.0 Å². The van der Waals surface area contributed by atoms with Crippen molar-refractivity contribution in [1.29, 1.82) is 0 Å². The fraction of sp³-hybridized carbons (Fsp3) is 0.303. The van der Waals surface area contributed by atoms with Crippen molar-refractivity contribution in [2.24, 2.45) is 0 Å². The monoisotopic (exact) mass is 651 g/mol. The molecule has 1 atom stereocenters. The van der Waals surface area contributed by atoms with Crippen LogP contribution in [0.25, 0.3) is 27.7 Å². The Labute approximate surface area is 264 Å². The molecule has 1 aliphatic heterocycles. The highest BCUT2D eigenvalue weighted by atomic mass is 32.2. The molecule has 1 amide bonds. The SMILES string of the molecule is C=CC(=O)N1CCN(c2nc(=O)n(-c3c(C)cccc3N(C)S(=O)(=O)C3CC3)c3cc(-c4c(F)cccc4F)c(F)cc23)[C@@H](C)C1. The maximum absolute atomic E-state index is 16.0. The zero-order valence-electron chi connectivity index (χ0n) is 25.5. The van der Waals surface area contributed by atoms with E-state index in [0.717, 1.165) is 22.5 Å². The summed E-state index contributed by atoms with van der Waals surface area (Å²) in [7, 11) is -2.35. The third-order valence-corrected chi connectivity index (χ3v) is 11.0. The molecule has 3 aromatic carbocycles. The number of fused-ring (bicyclic) bond motifs is 1. The predicted octanol–water partition coefficient (Wildman–Crippen LogP) is 4.93. The molecule has 9 nitrogen and oxygen atoms in total. The fourth-order valence-electron chi connectivity index (χ4n) is 6.13. The van der Waals surface area contributed by atoms with Gasteiger partial charge < -0.3 is 9.80 Å². The van der Waals surface area contributed by atoms with E-state index in [2.05, 4.69) is 11.6 Å². The molecule has 1 saturated carbocycles. The first-order valence-corrected chi connectivity index (χ1v) is 16.3. The number of nitrogens with zero attached hydrogens (tertiary/aromatic N) is 5. The van der Waals surface area contributed by atoms with Crippen LogP contribution in [0.3, 0.4) is 0 Å². The Balaban J connectivity index is 1.65. The van der Waals surface area contributed by atoms with Gasteiger partial charge in [-0.3, -0.25) is 13.7 Å². The maximum Gasteiger partial charge on any atom is 0.354 e. The highest BCUT2D eigenvalue weighted by Gasteiger charge is 2.40. The van der Waals surface area contributed by atoms with Gasteiger partial charge in [-0.05, 0) is 68.7 Å². The molecule has 4 aromatic rings. The quantitative estimate of drug-likeness (QED) is 0.263. The highest BCUT2D eigenvalue weighted by molar-refractivity contribution is 7.93. The number of para-hydroxylation sites is 1. The van der Waals surface area contributed by atoms with E-state index >= 15 is 13.2 Å². The summed E-state index contributed by atoms with van der Waals surface area (Å²) in [5.41, 5.74) is -0.875. The number of aryl methyl sites for hydroxylation is 1. The smallest absolute Gasteiger partial charge is 0.350 e. The molecule has 46 heavy (non-hydrogen) atoms. The van der Waals surface area contributed by atoms with E-state index in [-0.39, 0.29) is 59.7 Å². The van der Waals surface area contributed by atoms with Gasteiger partial charge in [0.1, 0.15) is 23.3 Å². The molecule has 13 heteroatoms. The van der Waals surface area contributed by atoms with Gasteiger partial charge >= 0.3 is 5.69 Å². The van der Waals surface area contributed by atoms with Crippen LogP contribution in [0.5, 0.6) is 0 Å². The highest BCUT2D eigenvalue weighted by Crippen LogP contribution is 2.39. The van der Waals surface area contributed by atoms with Gasteiger partial charge in [0, 0.05) is 43.7 Å². The number of carbonyl (C=O) groups excluding carboxylic acids is 1. The average molecular weight is 652 g/mol. The summed E-state index contributed by atoms with van der Waals surface area (Å²) in [5, 5.41) is -0.382. The third kappa shape index (κ3) is 5.21. The van der Waals surface area contributed by atoms with Gasteiger partial charge in [0.15, 0.2) is 0 Å². The number of hydrogen-bond donors (Lipinski definition) is 0. The zero-order chi connectivity index (χ0) is 33.1. The topological polar surface area (TPSA) is 95.8 Å². The number of carbonyl (C=O) groups is 1. The molecule has 1 aromatic heterocycles. The molecule has 2 heterocycles. The Morgan fingerprint density at radius 2 is 1.72 bits per heavy atom. The molecule has 1 saturated heterocycles. The first-order valence-electron chi connectivity index (χ1n) is 14.8. The van der Waals surface area contributed by atoms with E-state index in [0.29, 0.717) is 18.4 Å². The lowest BCUT2D eigenvalue weighted by Gasteiger charge is -2.40. The second kappa shape index (κ2) is 11.6. The number of anilines is 2. The van der Waals surface area contributed by atoms with Gasteiger partial charge in [-0.15, -0.1) is 0 Å². The Morgan fingerprint density at radius 1 is 1.04 bits per heavy atom. The van der Waals surface area contributed by atoms with E-state index < -0.39 is 49.5 Å². The first kappa shape index (κ1) is 31.3. The number of hydrogen-bond acceptors (Lipinski definition) is 6. The normalized spacial score (nSPS) is 17.0. The summed E-state index contributed by atoms with van der Waals surface area (Å²) < 4.78 is 75.0. The summed E-state index contributed by atoms with van der Waals surface area (Å²) in [6, 6.07) is 10.0. The molecular formula is C33H32F3N5O4S. The van der Waals surface area contributed by atoms with Crippen molar-refractivity contribution in [1.82, 2.24) is 14.5 Å². The number of benzene rings is 3. The summed E-state index contributed by atoms with van der Waals surface area (Å²) in [6.45, 7) is 7.90. The number of rotatable bonds is 7. The maximum atomic E-state index is 16.0. The largest absolute Gasteiger partial charge is 0.354 e. The number of aromatic nitrogens is 2. The number of halogens is 3. The Morgan fingerprint density at radius 3 is 2.35 bits per heavy atom. The Bertz CT molecular complexity index is 2060. The summed E-state index contributed by atoms with van der Waals surface area (Å²) in [6.07, 6.45) is 2.26. The van der Waals surface area contributed by atoms with Crippen molar-refractivity contribution in [2.75, 3.05) is 35.9 Å². The standard InChI is InChI=1S/C33H32F3N5O4S/c1-5-29(42)39-14-15-40(20(3)18-39)32-23-16-26(36)22(30-24(34)9-7-10-25(30)35)17-28(23)41(33(43)37-32)31-19(2)8-6-11-27(31)38(4)46(44,45)21-12-13-21/h5-11,16-17,20-21H,1,12-15,18H2,2-4H3/t20-/m0/s1. The lowest BCUT2D eigenvalue weighted by atomic mass is 10.0. The zero-order valence-corrected chi connectivity index (χ0v) is 26.3. The van der Waals surface area contributed by atoms with Crippen molar-refractivity contribution in [2.45, 2.75) is 38.0 Å². The number of piperazine rings is 1. The van der Waals surface area contributed by atoms with Crippen LogP contribution in [0.4, 0.5) is 24.7 Å². The van der Waals surface area contributed by atoms with Crippen molar-refractivity contribution in [3.8, 4) is 16.8 Å². The van der Waals surface area contributed by atoms with Gasteiger partial charge in [-0.2, -0.15) is 4.98 Å². The van der Waals surface area contributed by atoms with E-state index in [1.54, 1.807) is 34.9 Å². The molecule has 0 radical (unpaired) electrons. The van der Waals surface area contributed by atoms with E-state index in [4.69, 9.17) is 0 Å². The molecular weight excluding hydrogens is 619 g/mol. The lowest BCUT2D eigenvalue weighted by Crippen LogP contribution is -2.54. The minimum Gasteiger partial charge on any atom is -0.350 e. The van der Waals surface area contributed by atoms with Gasteiger partial charge in [-0.25, -0.2) is 26.4 Å². The second-order valence-corrected chi connectivity index (χ2v) is 13.9. The van der Waals surface area contributed by atoms with Crippen LogP contribution in [0, 0.1) is 24.4 Å². The van der Waals surface area contributed by atoms with Crippen LogP contribution >= 0.6 is 0 Å². The molecule has 0 N–H and O–H groups in total. The molecule has 0 spiro atoms. The van der Waals surface area contributed by atoms with Crippen LogP contribution < -0.4 is 14.9 Å². The van der Waals surface area contributed by atoms with Crippen LogP contribution in [0.1, 0.15) is 25.3 Å². The molecule has 240 valence electrons. The van der Waals surface area contributed by atoms with Crippen molar-refractivity contribution in [3.05, 3.63) is 94.7 Å². The number of sulfonamides is 1. The van der Waals surface area contributed by atoms with Gasteiger partial charge in [-0.1, -0.05) is 24.8 Å². The van der Waals surface area contributed by atoms with E-state index in [1.165, 1.54) is 29.8 Å². The molecule has 0 unspecified atom stereocenters. The fourth-order valence-corrected chi connectivity index (χ4v) is 7.73. The predicted molar refractivity (Wildman–Crippen MR) is 171 cm³/mol. The Kier molecular flexibility index (Phi) is 7.91. The Hall–Kier alpha value is -4.65. The van der Waals surface area contributed by atoms with Crippen molar-refractivity contribution < 1.29 is 26.4 Å². The number of amides is 1. The van der Waals surface area contributed by atoms with E-state index in [9.17, 15) is 18.0 Å². The average Bonchev–Trinajstić information content (AvgIpc) is 3.87. The van der Waals surface area contributed by atoms with Crippen LogP contribution in [-0.4, -0.2) is 66.7 Å². The summed E-state index contributed by atoms with van der Waals surface area (Å²) >= 11 is 0. The lowest BCUT2D eigenvalue weighted by molar-refractivity contribution is -0.126. The van der Waals surface area contributed by atoms with Crippen molar-refractivity contribution >= 4 is 38.3 Å². The van der Waals surface area contributed by atoms with Crippen LogP contribution in [0.2, 0.25) is 0 Å². The molecule has 2 fully saturated rings. The van der Waals surface area contributed by atoms with Gasteiger partial charge in [0.25, 0.3) is 0 Å². The van der Waals surface area contributed by atoms with E-state index in [1.807, 2.05) is 6.92 Å². The molecule has 2 aliphatic rings. The van der Waals surface area contributed by atoms with Crippen LogP contribution in [-0.2, 0) is 14.8 Å². The molecule has 0 bridgehead atoms. The molecule has 6 rings (SSSR count). The van der Waals surface area contributed by atoms with Crippen molar-refractivity contribution in [3.63, 3.8) is 0 Å².